The Morgan fingerprint density at radius 2 is 1.95 bits per heavy atom. The minimum atomic E-state index is -0.433. The lowest BCUT2D eigenvalue weighted by Gasteiger charge is -2.16. The zero-order valence-corrected chi connectivity index (χ0v) is 12.1. The summed E-state index contributed by atoms with van der Waals surface area (Å²) in [6.07, 6.45) is 2.23. The molecule has 1 aliphatic rings. The van der Waals surface area contributed by atoms with Crippen molar-refractivity contribution in [3.05, 3.63) is 35.9 Å². The number of hydrogen-bond donors (Lipinski definition) is 2. The Kier molecular flexibility index (Phi) is 7.01. The molecule has 1 aliphatic heterocycles. The molecule has 0 saturated carbocycles. The van der Waals surface area contributed by atoms with Gasteiger partial charge in [-0.05, 0) is 31.5 Å². The average Bonchev–Trinajstić information content (AvgIpc) is 2.98. The molecule has 20 heavy (non-hydrogen) atoms. The second-order valence-corrected chi connectivity index (χ2v) is 5.41. The molecular weight excluding hydrogens is 252 g/mol. The Labute approximate surface area is 121 Å². The first-order chi connectivity index (χ1) is 9.84. The highest BCUT2D eigenvalue weighted by molar-refractivity contribution is 5.13. The van der Waals surface area contributed by atoms with E-state index in [0.29, 0.717) is 19.8 Å². The van der Waals surface area contributed by atoms with Crippen LogP contribution in [0, 0.1) is 0 Å². The summed E-state index contributed by atoms with van der Waals surface area (Å²) < 4.78 is 5.51. The number of ether oxygens (including phenoxy) is 1. The van der Waals surface area contributed by atoms with E-state index in [9.17, 15) is 5.11 Å². The van der Waals surface area contributed by atoms with E-state index in [4.69, 9.17) is 4.74 Å². The normalized spacial score (nSPS) is 17.4. The molecule has 1 fully saturated rings. The summed E-state index contributed by atoms with van der Waals surface area (Å²) in [5.41, 5.74) is 1.14. The van der Waals surface area contributed by atoms with Crippen LogP contribution in [0.15, 0.2) is 30.3 Å². The van der Waals surface area contributed by atoms with E-state index in [2.05, 4.69) is 10.2 Å². The highest BCUT2D eigenvalue weighted by Crippen LogP contribution is 2.05. The molecule has 0 aromatic heterocycles. The number of nitrogens with one attached hydrogen (secondary N) is 1. The van der Waals surface area contributed by atoms with Gasteiger partial charge in [0.2, 0.25) is 0 Å². The maximum Gasteiger partial charge on any atom is 0.0897 e. The molecule has 0 amide bonds. The molecule has 0 bridgehead atoms. The summed E-state index contributed by atoms with van der Waals surface area (Å²) in [6, 6.07) is 10.0. The van der Waals surface area contributed by atoms with Crippen molar-refractivity contribution in [1.29, 1.82) is 0 Å². The number of nitrogens with zero attached hydrogens (tertiary/aromatic N) is 1. The largest absolute Gasteiger partial charge is 0.389 e. The van der Waals surface area contributed by atoms with E-state index >= 15 is 0 Å². The minimum absolute atomic E-state index is 0.381. The van der Waals surface area contributed by atoms with Crippen LogP contribution in [0.4, 0.5) is 0 Å². The van der Waals surface area contributed by atoms with Crippen LogP contribution in [0.1, 0.15) is 18.4 Å². The van der Waals surface area contributed by atoms with E-state index in [1.165, 1.54) is 25.9 Å². The maximum atomic E-state index is 9.82. The van der Waals surface area contributed by atoms with Crippen LogP contribution in [0.5, 0.6) is 0 Å². The van der Waals surface area contributed by atoms with Crippen molar-refractivity contribution in [2.45, 2.75) is 25.6 Å². The molecule has 0 aliphatic carbocycles. The predicted octanol–water partition coefficient (Wildman–Crippen LogP) is 1.25. The van der Waals surface area contributed by atoms with Crippen molar-refractivity contribution in [2.75, 3.05) is 39.3 Å². The number of benzene rings is 1. The van der Waals surface area contributed by atoms with Crippen LogP contribution in [-0.2, 0) is 11.3 Å². The topological polar surface area (TPSA) is 44.7 Å². The third-order valence-electron chi connectivity index (χ3n) is 3.61. The van der Waals surface area contributed by atoms with Crippen molar-refractivity contribution >= 4 is 0 Å². The van der Waals surface area contributed by atoms with Crippen molar-refractivity contribution < 1.29 is 9.84 Å². The Balaban J connectivity index is 1.46. The first-order valence-corrected chi connectivity index (χ1v) is 7.57. The zero-order valence-electron chi connectivity index (χ0n) is 12.1. The second-order valence-electron chi connectivity index (χ2n) is 5.41. The van der Waals surface area contributed by atoms with Gasteiger partial charge in [-0.2, -0.15) is 0 Å². The molecule has 1 saturated heterocycles. The van der Waals surface area contributed by atoms with Gasteiger partial charge in [-0.3, -0.25) is 0 Å². The summed E-state index contributed by atoms with van der Waals surface area (Å²) in [5, 5.41) is 13.1. The number of rotatable bonds is 9. The molecule has 4 heteroatoms. The molecule has 2 rings (SSSR count). The standard InChI is InChI=1S/C16H26N2O2/c19-16(12-17-8-11-18-9-4-5-10-18)14-20-13-15-6-2-1-3-7-15/h1-3,6-7,16-17,19H,4-5,8-14H2. The van der Waals surface area contributed by atoms with Gasteiger partial charge in [-0.1, -0.05) is 30.3 Å². The Bertz CT molecular complexity index is 353. The summed E-state index contributed by atoms with van der Waals surface area (Å²) in [7, 11) is 0. The lowest BCUT2D eigenvalue weighted by atomic mass is 10.2. The number of likely N-dealkylation sites (tertiary alicyclic amines) is 1. The van der Waals surface area contributed by atoms with Gasteiger partial charge in [0, 0.05) is 19.6 Å². The zero-order chi connectivity index (χ0) is 14.0. The first-order valence-electron chi connectivity index (χ1n) is 7.57. The van der Waals surface area contributed by atoms with Gasteiger partial charge in [-0.15, -0.1) is 0 Å². The van der Waals surface area contributed by atoms with Gasteiger partial charge >= 0.3 is 0 Å². The van der Waals surface area contributed by atoms with Crippen molar-refractivity contribution in [1.82, 2.24) is 10.2 Å². The summed E-state index contributed by atoms with van der Waals surface area (Å²) in [5.74, 6) is 0. The molecule has 1 aromatic carbocycles. The molecule has 0 radical (unpaired) electrons. The fraction of sp³-hybridized carbons (Fsp3) is 0.625. The van der Waals surface area contributed by atoms with Gasteiger partial charge in [0.15, 0.2) is 0 Å². The molecule has 112 valence electrons. The molecule has 4 nitrogen and oxygen atoms in total. The molecular formula is C16H26N2O2. The Morgan fingerprint density at radius 3 is 2.70 bits per heavy atom. The molecule has 0 spiro atoms. The van der Waals surface area contributed by atoms with Gasteiger partial charge in [0.05, 0.1) is 19.3 Å². The predicted molar refractivity (Wildman–Crippen MR) is 80.6 cm³/mol. The van der Waals surface area contributed by atoms with E-state index in [1.54, 1.807) is 0 Å². The van der Waals surface area contributed by atoms with E-state index < -0.39 is 6.10 Å². The monoisotopic (exact) mass is 278 g/mol. The number of aliphatic hydroxyl groups is 1. The first kappa shape index (κ1) is 15.4. The highest BCUT2D eigenvalue weighted by Gasteiger charge is 2.10. The van der Waals surface area contributed by atoms with Gasteiger partial charge < -0.3 is 20.1 Å². The van der Waals surface area contributed by atoms with Crippen LogP contribution in [0.25, 0.3) is 0 Å². The van der Waals surface area contributed by atoms with Crippen LogP contribution >= 0.6 is 0 Å². The molecule has 1 aromatic rings. The lowest BCUT2D eigenvalue weighted by Crippen LogP contribution is -2.35. The number of aliphatic hydroxyl groups excluding tert-OH is 1. The van der Waals surface area contributed by atoms with Crippen molar-refractivity contribution in [2.24, 2.45) is 0 Å². The Hall–Kier alpha value is -0.940. The molecule has 1 unspecified atom stereocenters. The van der Waals surface area contributed by atoms with Crippen LogP contribution < -0.4 is 5.32 Å². The van der Waals surface area contributed by atoms with Gasteiger partial charge in [-0.25, -0.2) is 0 Å². The van der Waals surface area contributed by atoms with E-state index in [1.807, 2.05) is 30.3 Å². The minimum Gasteiger partial charge on any atom is -0.389 e. The van der Waals surface area contributed by atoms with Crippen LogP contribution in [-0.4, -0.2) is 55.4 Å². The van der Waals surface area contributed by atoms with Crippen molar-refractivity contribution in [3.8, 4) is 0 Å². The van der Waals surface area contributed by atoms with Crippen LogP contribution in [0.2, 0.25) is 0 Å². The molecule has 1 heterocycles. The van der Waals surface area contributed by atoms with E-state index in [-0.39, 0.29) is 0 Å². The summed E-state index contributed by atoms with van der Waals surface area (Å²) >= 11 is 0. The second kappa shape index (κ2) is 9.08. The summed E-state index contributed by atoms with van der Waals surface area (Å²) in [4.78, 5) is 2.46. The third kappa shape index (κ3) is 6.01. The lowest BCUT2D eigenvalue weighted by molar-refractivity contribution is 0.0287. The quantitative estimate of drug-likeness (QED) is 0.667. The summed E-state index contributed by atoms with van der Waals surface area (Å²) in [6.45, 7) is 6.02. The third-order valence-corrected chi connectivity index (χ3v) is 3.61. The SMILES string of the molecule is OC(CNCCN1CCCC1)COCc1ccccc1. The van der Waals surface area contributed by atoms with Crippen LogP contribution in [0.3, 0.4) is 0 Å². The Morgan fingerprint density at radius 1 is 1.20 bits per heavy atom. The fourth-order valence-electron chi connectivity index (χ4n) is 2.46. The van der Waals surface area contributed by atoms with Gasteiger partial charge in [0.1, 0.15) is 0 Å². The maximum absolute atomic E-state index is 9.82. The number of hydrogen-bond acceptors (Lipinski definition) is 4. The molecule has 2 N–H and O–H groups in total. The fourth-order valence-corrected chi connectivity index (χ4v) is 2.46. The highest BCUT2D eigenvalue weighted by atomic mass is 16.5. The van der Waals surface area contributed by atoms with E-state index in [0.717, 1.165) is 18.7 Å². The van der Waals surface area contributed by atoms with Crippen molar-refractivity contribution in [3.63, 3.8) is 0 Å². The smallest absolute Gasteiger partial charge is 0.0897 e. The molecule has 1 atom stereocenters. The average molecular weight is 278 g/mol. The van der Waals surface area contributed by atoms with Gasteiger partial charge in [0.25, 0.3) is 0 Å².